The number of likely N-dealkylation sites (tertiary alicyclic amines) is 1. The van der Waals surface area contributed by atoms with Crippen molar-refractivity contribution < 1.29 is 24.0 Å². The number of benzene rings is 2. The Balaban J connectivity index is 1.58. The van der Waals surface area contributed by atoms with E-state index in [4.69, 9.17) is 4.74 Å². The lowest BCUT2D eigenvalue weighted by molar-refractivity contribution is -0.384. The first kappa shape index (κ1) is 25.3. The molecule has 0 radical (unpaired) electrons. The Morgan fingerprint density at radius 3 is 2.42 bits per heavy atom. The maximum atomic E-state index is 13.8. The molecule has 2 aromatic rings. The Hall–Kier alpha value is -3.79. The topological polar surface area (TPSA) is 122 Å². The van der Waals surface area contributed by atoms with E-state index in [1.54, 1.807) is 28.0 Å². The minimum absolute atomic E-state index is 0.0645. The molecule has 3 amide bonds. The smallest absolute Gasteiger partial charge is 0.270 e. The fraction of sp³-hybridized carbons (Fsp3) is 0.423. The third-order valence-electron chi connectivity index (χ3n) is 6.72. The molecule has 1 unspecified atom stereocenters. The summed E-state index contributed by atoms with van der Waals surface area (Å²) in [4.78, 5) is 53.7. The van der Waals surface area contributed by atoms with Crippen LogP contribution in [0.5, 0.6) is 0 Å². The van der Waals surface area contributed by atoms with Crippen LogP contribution in [0, 0.1) is 17.0 Å². The Morgan fingerprint density at radius 1 is 1.08 bits per heavy atom. The number of aryl methyl sites for hydroxylation is 1. The van der Waals surface area contributed by atoms with Crippen LogP contribution in [0.4, 0.5) is 5.69 Å². The SMILES string of the molecule is Cc1ccccc1C(=O)N1C(C(=O)NC(C)C)COC12CCN(C(=O)c1cccc([N+](=O)[O-])c1)CC2. The van der Waals surface area contributed by atoms with Crippen LogP contribution in [-0.4, -0.2) is 69.9 Å². The van der Waals surface area contributed by atoms with Crippen molar-refractivity contribution in [3.05, 3.63) is 75.3 Å². The molecule has 0 aromatic heterocycles. The quantitative estimate of drug-likeness (QED) is 0.504. The molecule has 0 aliphatic carbocycles. The van der Waals surface area contributed by atoms with E-state index in [0.29, 0.717) is 18.4 Å². The van der Waals surface area contributed by atoms with E-state index < -0.39 is 16.7 Å². The Kier molecular flexibility index (Phi) is 7.07. The van der Waals surface area contributed by atoms with Crippen LogP contribution in [0.25, 0.3) is 0 Å². The molecular weight excluding hydrogens is 464 g/mol. The summed E-state index contributed by atoms with van der Waals surface area (Å²) in [6, 6.07) is 12.0. The van der Waals surface area contributed by atoms with Gasteiger partial charge in [-0.3, -0.25) is 29.4 Å². The zero-order valence-electron chi connectivity index (χ0n) is 20.6. The standard InChI is InChI=1S/C26H30N4O6/c1-17(2)27-23(31)22-16-36-26(29(22)25(33)21-10-5-4-7-18(21)3)11-13-28(14-12-26)24(32)19-8-6-9-20(15-19)30(34)35/h4-10,15,17,22H,11-14,16H2,1-3H3,(H,27,31). The summed E-state index contributed by atoms with van der Waals surface area (Å²) in [5.41, 5.74) is 0.348. The van der Waals surface area contributed by atoms with Crippen LogP contribution < -0.4 is 5.32 Å². The predicted octanol–water partition coefficient (Wildman–Crippen LogP) is 2.90. The highest BCUT2D eigenvalue weighted by molar-refractivity contribution is 5.99. The number of hydrogen-bond acceptors (Lipinski definition) is 6. The number of carbonyl (C=O) groups is 3. The average Bonchev–Trinajstić information content (AvgIpc) is 3.22. The van der Waals surface area contributed by atoms with E-state index in [9.17, 15) is 24.5 Å². The number of piperidine rings is 1. The number of non-ortho nitro benzene ring substituents is 1. The maximum absolute atomic E-state index is 13.8. The highest BCUT2D eigenvalue weighted by atomic mass is 16.6. The van der Waals surface area contributed by atoms with E-state index in [1.165, 1.54) is 18.2 Å². The van der Waals surface area contributed by atoms with E-state index >= 15 is 0 Å². The number of nitrogens with zero attached hydrogens (tertiary/aromatic N) is 3. The van der Waals surface area contributed by atoms with Gasteiger partial charge in [-0.05, 0) is 38.5 Å². The fourth-order valence-corrected chi connectivity index (χ4v) is 4.88. The number of hydrogen-bond donors (Lipinski definition) is 1. The molecule has 4 rings (SSSR count). The first-order valence-electron chi connectivity index (χ1n) is 12.0. The van der Waals surface area contributed by atoms with Gasteiger partial charge in [-0.1, -0.05) is 24.3 Å². The van der Waals surface area contributed by atoms with Gasteiger partial charge in [-0.25, -0.2) is 0 Å². The number of amides is 3. The van der Waals surface area contributed by atoms with Crippen molar-refractivity contribution in [2.45, 2.75) is 51.4 Å². The predicted molar refractivity (Wildman–Crippen MR) is 131 cm³/mol. The van der Waals surface area contributed by atoms with Crippen LogP contribution in [0.3, 0.4) is 0 Å². The number of nitro benzene ring substituents is 1. The van der Waals surface area contributed by atoms with Crippen LogP contribution in [0.2, 0.25) is 0 Å². The molecule has 2 fully saturated rings. The molecule has 1 N–H and O–H groups in total. The maximum Gasteiger partial charge on any atom is 0.270 e. The first-order valence-corrected chi connectivity index (χ1v) is 12.0. The average molecular weight is 495 g/mol. The molecule has 2 heterocycles. The van der Waals surface area contributed by atoms with Gasteiger partial charge in [0.05, 0.1) is 11.5 Å². The zero-order chi connectivity index (χ0) is 26.0. The van der Waals surface area contributed by atoms with Crippen molar-refractivity contribution in [1.82, 2.24) is 15.1 Å². The molecule has 2 saturated heterocycles. The summed E-state index contributed by atoms with van der Waals surface area (Å²) in [6.45, 7) is 6.18. The van der Waals surface area contributed by atoms with Crippen molar-refractivity contribution in [1.29, 1.82) is 0 Å². The molecular formula is C26H30N4O6. The molecule has 2 aliphatic heterocycles. The number of nitrogens with one attached hydrogen (secondary N) is 1. The third kappa shape index (κ3) is 4.81. The summed E-state index contributed by atoms with van der Waals surface area (Å²) >= 11 is 0. The van der Waals surface area contributed by atoms with E-state index in [0.717, 1.165) is 5.56 Å². The van der Waals surface area contributed by atoms with Crippen molar-refractivity contribution >= 4 is 23.4 Å². The van der Waals surface area contributed by atoms with Crippen LogP contribution >= 0.6 is 0 Å². The minimum Gasteiger partial charge on any atom is -0.353 e. The largest absolute Gasteiger partial charge is 0.353 e. The minimum atomic E-state index is -1.03. The number of carbonyl (C=O) groups excluding carboxylic acids is 3. The van der Waals surface area contributed by atoms with E-state index in [2.05, 4.69) is 5.32 Å². The Bertz CT molecular complexity index is 1190. The summed E-state index contributed by atoms with van der Waals surface area (Å²) in [5, 5.41) is 14.0. The lowest BCUT2D eigenvalue weighted by Crippen LogP contribution is -2.60. The summed E-state index contributed by atoms with van der Waals surface area (Å²) in [7, 11) is 0. The molecule has 36 heavy (non-hydrogen) atoms. The van der Waals surface area contributed by atoms with Crippen molar-refractivity contribution in [3.8, 4) is 0 Å². The van der Waals surface area contributed by atoms with E-state index in [-0.39, 0.29) is 54.7 Å². The lowest BCUT2D eigenvalue weighted by Gasteiger charge is -2.44. The van der Waals surface area contributed by atoms with Gasteiger partial charge >= 0.3 is 0 Å². The number of nitro groups is 1. The van der Waals surface area contributed by atoms with Crippen LogP contribution in [0.1, 0.15) is 53.0 Å². The van der Waals surface area contributed by atoms with E-state index in [1.807, 2.05) is 32.9 Å². The Morgan fingerprint density at radius 2 is 1.78 bits per heavy atom. The molecule has 190 valence electrons. The second-order valence-corrected chi connectivity index (χ2v) is 9.53. The Labute approximate surface area is 209 Å². The summed E-state index contributed by atoms with van der Waals surface area (Å²) in [6.07, 6.45) is 0.632. The summed E-state index contributed by atoms with van der Waals surface area (Å²) in [5.74, 6) is -0.885. The molecule has 0 bridgehead atoms. The second kappa shape index (κ2) is 10.1. The van der Waals surface area contributed by atoms with Gasteiger partial charge in [0.25, 0.3) is 17.5 Å². The van der Waals surface area contributed by atoms with Gasteiger partial charge < -0.3 is 15.0 Å². The number of ether oxygens (including phenoxy) is 1. The third-order valence-corrected chi connectivity index (χ3v) is 6.72. The van der Waals surface area contributed by atoms with Crippen molar-refractivity contribution in [2.75, 3.05) is 19.7 Å². The molecule has 1 spiro atoms. The van der Waals surface area contributed by atoms with Crippen molar-refractivity contribution in [3.63, 3.8) is 0 Å². The van der Waals surface area contributed by atoms with Crippen LogP contribution in [0.15, 0.2) is 48.5 Å². The van der Waals surface area contributed by atoms with Crippen molar-refractivity contribution in [2.24, 2.45) is 0 Å². The molecule has 1 atom stereocenters. The zero-order valence-corrected chi connectivity index (χ0v) is 20.6. The monoisotopic (exact) mass is 494 g/mol. The summed E-state index contributed by atoms with van der Waals surface area (Å²) < 4.78 is 6.19. The molecule has 10 nitrogen and oxygen atoms in total. The van der Waals surface area contributed by atoms with Gasteiger partial charge in [-0.2, -0.15) is 0 Å². The van der Waals surface area contributed by atoms with Gasteiger partial charge in [-0.15, -0.1) is 0 Å². The number of rotatable bonds is 5. The fourth-order valence-electron chi connectivity index (χ4n) is 4.88. The van der Waals surface area contributed by atoms with Gasteiger partial charge in [0, 0.05) is 55.2 Å². The molecule has 2 aliphatic rings. The van der Waals surface area contributed by atoms with Gasteiger partial charge in [0.15, 0.2) is 0 Å². The first-order chi connectivity index (χ1) is 17.1. The molecule has 2 aromatic carbocycles. The van der Waals surface area contributed by atoms with Gasteiger partial charge in [0.1, 0.15) is 11.8 Å². The lowest BCUT2D eigenvalue weighted by atomic mass is 9.95. The molecule has 0 saturated carbocycles. The highest BCUT2D eigenvalue weighted by Gasteiger charge is 2.54. The normalized spacial score (nSPS) is 18.9. The highest BCUT2D eigenvalue weighted by Crippen LogP contribution is 2.39. The molecule has 10 heteroatoms. The van der Waals surface area contributed by atoms with Crippen LogP contribution in [-0.2, 0) is 9.53 Å². The second-order valence-electron chi connectivity index (χ2n) is 9.53. The van der Waals surface area contributed by atoms with Gasteiger partial charge in [0.2, 0.25) is 5.91 Å².